The SMILES string of the molecule is COC(=O)CCN(CCN(C)C)C(=O)/C=C/c1cccc(OC)c1. The first-order chi connectivity index (χ1) is 11.5. The molecule has 1 aromatic carbocycles. The van der Waals surface area contributed by atoms with E-state index in [1.54, 1.807) is 18.1 Å². The zero-order chi connectivity index (χ0) is 17.9. The number of ether oxygens (including phenoxy) is 2. The molecule has 0 fully saturated rings. The third-order valence-electron chi connectivity index (χ3n) is 3.45. The summed E-state index contributed by atoms with van der Waals surface area (Å²) in [6.07, 6.45) is 3.44. The van der Waals surface area contributed by atoms with Crippen molar-refractivity contribution in [1.82, 2.24) is 9.80 Å². The Labute approximate surface area is 143 Å². The monoisotopic (exact) mass is 334 g/mol. The van der Waals surface area contributed by atoms with Gasteiger partial charge in [0, 0.05) is 25.7 Å². The summed E-state index contributed by atoms with van der Waals surface area (Å²) in [5.74, 6) is 0.276. The van der Waals surface area contributed by atoms with Crippen LogP contribution in [0.2, 0.25) is 0 Å². The first-order valence-corrected chi connectivity index (χ1v) is 7.79. The van der Waals surface area contributed by atoms with Gasteiger partial charge in [-0.25, -0.2) is 0 Å². The second-order valence-corrected chi connectivity index (χ2v) is 5.56. The second-order valence-electron chi connectivity index (χ2n) is 5.56. The number of amides is 1. The molecule has 0 aliphatic heterocycles. The molecule has 1 aromatic rings. The normalized spacial score (nSPS) is 10.9. The number of likely N-dealkylation sites (N-methyl/N-ethyl adjacent to an activating group) is 1. The van der Waals surface area contributed by atoms with Gasteiger partial charge >= 0.3 is 5.97 Å². The summed E-state index contributed by atoms with van der Waals surface area (Å²) in [7, 11) is 6.82. The highest BCUT2D eigenvalue weighted by Crippen LogP contribution is 2.13. The van der Waals surface area contributed by atoms with Crippen LogP contribution in [0.4, 0.5) is 0 Å². The molecule has 24 heavy (non-hydrogen) atoms. The van der Waals surface area contributed by atoms with E-state index >= 15 is 0 Å². The summed E-state index contributed by atoms with van der Waals surface area (Å²) in [5.41, 5.74) is 0.878. The first kappa shape index (κ1) is 19.7. The average Bonchev–Trinajstić information content (AvgIpc) is 2.59. The molecule has 0 aliphatic rings. The standard InChI is InChI=1S/C18H26N2O4/c1-19(2)12-13-20(11-10-18(22)24-4)17(21)9-8-15-6-5-7-16(14-15)23-3/h5-9,14H,10-13H2,1-4H3/b9-8+. The van der Waals surface area contributed by atoms with E-state index in [0.717, 1.165) is 17.9 Å². The zero-order valence-electron chi connectivity index (χ0n) is 14.8. The summed E-state index contributed by atoms with van der Waals surface area (Å²) < 4.78 is 9.81. The third-order valence-corrected chi connectivity index (χ3v) is 3.45. The van der Waals surface area contributed by atoms with E-state index < -0.39 is 0 Å². The summed E-state index contributed by atoms with van der Waals surface area (Å²) in [6.45, 7) is 1.60. The Balaban J connectivity index is 2.73. The predicted molar refractivity (Wildman–Crippen MR) is 93.8 cm³/mol. The maximum Gasteiger partial charge on any atom is 0.307 e. The average molecular weight is 334 g/mol. The molecule has 1 amide bonds. The van der Waals surface area contributed by atoms with E-state index in [0.29, 0.717) is 13.1 Å². The Kier molecular flexibility index (Phi) is 8.57. The van der Waals surface area contributed by atoms with E-state index in [1.165, 1.54) is 13.2 Å². The van der Waals surface area contributed by atoms with E-state index in [1.807, 2.05) is 43.3 Å². The van der Waals surface area contributed by atoms with Crippen LogP contribution in [-0.4, -0.2) is 69.6 Å². The molecule has 0 aromatic heterocycles. The molecule has 6 nitrogen and oxygen atoms in total. The molecule has 1 rings (SSSR count). The topological polar surface area (TPSA) is 59.1 Å². The first-order valence-electron chi connectivity index (χ1n) is 7.79. The molecule has 0 saturated heterocycles. The van der Waals surface area contributed by atoms with Crippen molar-refractivity contribution in [3.63, 3.8) is 0 Å². The van der Waals surface area contributed by atoms with Gasteiger partial charge in [-0.2, -0.15) is 0 Å². The maximum atomic E-state index is 12.4. The van der Waals surface area contributed by atoms with Crippen molar-refractivity contribution in [2.75, 3.05) is 47.9 Å². The molecule has 0 heterocycles. The van der Waals surface area contributed by atoms with Gasteiger partial charge in [0.15, 0.2) is 0 Å². The van der Waals surface area contributed by atoms with Gasteiger partial charge in [-0.1, -0.05) is 12.1 Å². The smallest absolute Gasteiger partial charge is 0.307 e. The zero-order valence-corrected chi connectivity index (χ0v) is 14.8. The van der Waals surface area contributed by atoms with Crippen LogP contribution in [0.5, 0.6) is 5.75 Å². The quantitative estimate of drug-likeness (QED) is 0.508. The van der Waals surface area contributed by atoms with Crippen molar-refractivity contribution < 1.29 is 19.1 Å². The minimum atomic E-state index is -0.325. The lowest BCUT2D eigenvalue weighted by molar-refractivity contribution is -0.141. The van der Waals surface area contributed by atoms with Crippen molar-refractivity contribution in [1.29, 1.82) is 0 Å². The number of nitrogens with zero attached hydrogens (tertiary/aromatic N) is 2. The van der Waals surface area contributed by atoms with E-state index in [9.17, 15) is 9.59 Å². The van der Waals surface area contributed by atoms with Gasteiger partial charge in [0.2, 0.25) is 5.91 Å². The number of hydrogen-bond donors (Lipinski definition) is 0. The molecule has 0 radical (unpaired) electrons. The number of rotatable bonds is 9. The third kappa shape index (κ3) is 7.28. The van der Waals surface area contributed by atoms with Gasteiger partial charge in [-0.15, -0.1) is 0 Å². The van der Waals surface area contributed by atoms with Gasteiger partial charge in [-0.3, -0.25) is 9.59 Å². The highest BCUT2D eigenvalue weighted by Gasteiger charge is 2.13. The minimum absolute atomic E-state index is 0.136. The molecule has 0 spiro atoms. The predicted octanol–water partition coefficient (Wildman–Crippen LogP) is 1.66. The molecule has 0 N–H and O–H groups in total. The highest BCUT2D eigenvalue weighted by atomic mass is 16.5. The van der Waals surface area contributed by atoms with Crippen LogP contribution in [0.1, 0.15) is 12.0 Å². The molecule has 0 saturated carbocycles. The summed E-state index contributed by atoms with van der Waals surface area (Å²) in [5, 5.41) is 0. The van der Waals surface area contributed by atoms with Crippen molar-refractivity contribution in [2.24, 2.45) is 0 Å². The maximum absolute atomic E-state index is 12.4. The lowest BCUT2D eigenvalue weighted by Crippen LogP contribution is -2.37. The van der Waals surface area contributed by atoms with Crippen LogP contribution in [0.25, 0.3) is 6.08 Å². The largest absolute Gasteiger partial charge is 0.497 e. The lowest BCUT2D eigenvalue weighted by atomic mass is 10.2. The summed E-state index contributed by atoms with van der Waals surface area (Å²) in [4.78, 5) is 27.4. The summed E-state index contributed by atoms with van der Waals surface area (Å²) in [6, 6.07) is 7.45. The number of carbonyl (C=O) groups is 2. The van der Waals surface area contributed by atoms with Crippen LogP contribution in [-0.2, 0) is 14.3 Å². The Morgan fingerprint density at radius 1 is 1.12 bits per heavy atom. The molecule has 0 unspecified atom stereocenters. The Bertz CT molecular complexity index is 570. The number of carbonyl (C=O) groups excluding carboxylic acids is 2. The van der Waals surface area contributed by atoms with Crippen LogP contribution >= 0.6 is 0 Å². The molecule has 0 aliphatic carbocycles. The van der Waals surface area contributed by atoms with Gasteiger partial charge in [0.25, 0.3) is 0 Å². The Morgan fingerprint density at radius 3 is 2.50 bits per heavy atom. The van der Waals surface area contributed by atoms with Crippen molar-refractivity contribution in [2.45, 2.75) is 6.42 Å². The Morgan fingerprint density at radius 2 is 1.88 bits per heavy atom. The minimum Gasteiger partial charge on any atom is -0.497 e. The van der Waals surface area contributed by atoms with Gasteiger partial charge in [0.1, 0.15) is 5.75 Å². The number of benzene rings is 1. The van der Waals surface area contributed by atoms with Gasteiger partial charge in [-0.05, 0) is 37.9 Å². The summed E-state index contributed by atoms with van der Waals surface area (Å²) >= 11 is 0. The number of methoxy groups -OCH3 is 2. The molecule has 0 bridgehead atoms. The number of hydrogen-bond acceptors (Lipinski definition) is 5. The fourth-order valence-corrected chi connectivity index (χ4v) is 2.00. The van der Waals surface area contributed by atoms with E-state index in [4.69, 9.17) is 4.74 Å². The molecular weight excluding hydrogens is 308 g/mol. The van der Waals surface area contributed by atoms with E-state index in [2.05, 4.69) is 4.74 Å². The van der Waals surface area contributed by atoms with Gasteiger partial charge < -0.3 is 19.3 Å². The molecule has 132 valence electrons. The van der Waals surface area contributed by atoms with E-state index in [-0.39, 0.29) is 18.3 Å². The fourth-order valence-electron chi connectivity index (χ4n) is 2.00. The Hall–Kier alpha value is -2.34. The fraction of sp³-hybridized carbons (Fsp3) is 0.444. The highest BCUT2D eigenvalue weighted by molar-refractivity contribution is 5.92. The van der Waals surface area contributed by atoms with Crippen LogP contribution < -0.4 is 4.74 Å². The molecule has 0 atom stereocenters. The molecule has 6 heteroatoms. The van der Waals surface area contributed by atoms with Crippen molar-refractivity contribution in [3.05, 3.63) is 35.9 Å². The second kappa shape index (κ2) is 10.4. The lowest BCUT2D eigenvalue weighted by Gasteiger charge is -2.22. The van der Waals surface area contributed by atoms with Crippen molar-refractivity contribution in [3.8, 4) is 5.75 Å². The van der Waals surface area contributed by atoms with Crippen LogP contribution in [0.3, 0.4) is 0 Å². The van der Waals surface area contributed by atoms with Gasteiger partial charge in [0.05, 0.1) is 20.6 Å². The van der Waals surface area contributed by atoms with Crippen molar-refractivity contribution >= 4 is 18.0 Å². The molecular formula is C18H26N2O4. The van der Waals surface area contributed by atoms with Crippen LogP contribution in [0.15, 0.2) is 30.3 Å². The number of esters is 1. The van der Waals surface area contributed by atoms with Crippen LogP contribution in [0, 0.1) is 0 Å².